The lowest BCUT2D eigenvalue weighted by molar-refractivity contribution is 0.318. The molecule has 0 amide bonds. The number of aryl methyl sites for hydroxylation is 1. The Morgan fingerprint density at radius 3 is 2.60 bits per heavy atom. The number of hydrogen-bond donors (Lipinski definition) is 1. The quantitative estimate of drug-likeness (QED) is 0.656. The van der Waals surface area contributed by atoms with Crippen LogP contribution in [-0.2, 0) is 10.8 Å². The highest BCUT2D eigenvalue weighted by atomic mass is 32.2. The molecule has 0 saturated heterocycles. The van der Waals surface area contributed by atoms with E-state index in [4.69, 9.17) is 10.5 Å². The number of hydrogen-bond acceptors (Lipinski definition) is 3. The predicted molar refractivity (Wildman–Crippen MR) is 83.4 cm³/mol. The number of nitrogens with two attached hydrogens (primary N) is 1. The van der Waals surface area contributed by atoms with Crippen molar-refractivity contribution in [2.75, 3.05) is 18.1 Å². The van der Waals surface area contributed by atoms with Crippen LogP contribution in [0, 0.1) is 6.92 Å². The van der Waals surface area contributed by atoms with Crippen molar-refractivity contribution in [3.8, 4) is 5.75 Å². The topological polar surface area (TPSA) is 52.3 Å². The second-order valence-corrected chi connectivity index (χ2v) is 6.21. The largest absolute Gasteiger partial charge is 0.494 e. The molecule has 2 N–H and O–H groups in total. The number of ether oxygens (including phenoxy) is 1. The molecule has 0 aliphatic heterocycles. The first kappa shape index (κ1) is 14.6. The third-order valence-corrected chi connectivity index (χ3v) is 4.31. The Balaban J connectivity index is 1.76. The zero-order valence-electron chi connectivity index (χ0n) is 11.5. The molecule has 0 aliphatic rings. The summed E-state index contributed by atoms with van der Waals surface area (Å²) < 4.78 is 17.7. The van der Waals surface area contributed by atoms with E-state index in [9.17, 15) is 4.21 Å². The van der Waals surface area contributed by atoms with Crippen LogP contribution < -0.4 is 10.5 Å². The molecule has 3 nitrogen and oxygen atoms in total. The van der Waals surface area contributed by atoms with Gasteiger partial charge in [-0.05, 0) is 55.3 Å². The Hall–Kier alpha value is -1.81. The van der Waals surface area contributed by atoms with E-state index in [0.29, 0.717) is 12.4 Å². The fourth-order valence-electron chi connectivity index (χ4n) is 1.82. The molecule has 106 valence electrons. The van der Waals surface area contributed by atoms with Crippen molar-refractivity contribution in [2.45, 2.75) is 18.2 Å². The zero-order chi connectivity index (χ0) is 14.4. The molecule has 0 aliphatic carbocycles. The van der Waals surface area contributed by atoms with Gasteiger partial charge in [0.1, 0.15) is 5.75 Å². The molecule has 0 fully saturated rings. The van der Waals surface area contributed by atoms with Gasteiger partial charge in [-0.25, -0.2) is 0 Å². The lowest BCUT2D eigenvalue weighted by atomic mass is 10.2. The maximum atomic E-state index is 12.1. The third-order valence-electron chi connectivity index (χ3n) is 2.88. The van der Waals surface area contributed by atoms with Gasteiger partial charge in [-0.1, -0.05) is 12.1 Å². The van der Waals surface area contributed by atoms with Gasteiger partial charge in [0, 0.05) is 16.3 Å². The molecule has 1 unspecified atom stereocenters. The van der Waals surface area contributed by atoms with Crippen LogP contribution in [0.2, 0.25) is 0 Å². The highest BCUT2D eigenvalue weighted by molar-refractivity contribution is 7.85. The van der Waals surface area contributed by atoms with Gasteiger partial charge >= 0.3 is 0 Å². The molecule has 0 saturated carbocycles. The van der Waals surface area contributed by atoms with E-state index in [1.54, 1.807) is 12.1 Å². The number of benzene rings is 2. The van der Waals surface area contributed by atoms with Gasteiger partial charge in [-0.3, -0.25) is 4.21 Å². The van der Waals surface area contributed by atoms with Crippen LogP contribution in [-0.4, -0.2) is 16.6 Å². The Morgan fingerprint density at radius 2 is 1.90 bits per heavy atom. The maximum Gasteiger partial charge on any atom is 0.119 e. The van der Waals surface area contributed by atoms with Crippen LogP contribution in [0.5, 0.6) is 5.75 Å². The number of anilines is 1. The van der Waals surface area contributed by atoms with Gasteiger partial charge in [-0.2, -0.15) is 0 Å². The zero-order valence-corrected chi connectivity index (χ0v) is 12.4. The molecule has 0 spiro atoms. The van der Waals surface area contributed by atoms with Crippen LogP contribution in [0.1, 0.15) is 12.0 Å². The molecule has 20 heavy (non-hydrogen) atoms. The van der Waals surface area contributed by atoms with E-state index >= 15 is 0 Å². The average molecular weight is 289 g/mol. The minimum absolute atomic E-state index is 0.557. The average Bonchev–Trinajstić information content (AvgIpc) is 2.45. The van der Waals surface area contributed by atoms with E-state index < -0.39 is 10.8 Å². The summed E-state index contributed by atoms with van der Waals surface area (Å²) in [6.07, 6.45) is 0.755. The SMILES string of the molecule is Cc1cccc(S(=O)CCCOc2ccc(N)cc2)c1. The van der Waals surface area contributed by atoms with Gasteiger partial charge in [0.25, 0.3) is 0 Å². The predicted octanol–water partition coefficient (Wildman–Crippen LogP) is 3.15. The first-order chi connectivity index (χ1) is 9.65. The number of nitrogen functional groups attached to an aromatic ring is 1. The third kappa shape index (κ3) is 4.38. The van der Waals surface area contributed by atoms with Gasteiger partial charge < -0.3 is 10.5 Å². The fraction of sp³-hybridized carbons (Fsp3) is 0.250. The molecule has 0 heterocycles. The van der Waals surface area contributed by atoms with Crippen LogP contribution in [0.15, 0.2) is 53.4 Å². The van der Waals surface area contributed by atoms with E-state index in [-0.39, 0.29) is 0 Å². The normalized spacial score (nSPS) is 12.1. The van der Waals surface area contributed by atoms with Gasteiger partial charge in [0.05, 0.1) is 17.4 Å². The molecule has 2 rings (SSSR count). The molecule has 2 aromatic carbocycles. The smallest absolute Gasteiger partial charge is 0.119 e. The van der Waals surface area contributed by atoms with Crippen molar-refractivity contribution in [3.63, 3.8) is 0 Å². The molecular weight excluding hydrogens is 270 g/mol. The molecule has 0 radical (unpaired) electrons. The highest BCUT2D eigenvalue weighted by Gasteiger charge is 2.04. The summed E-state index contributed by atoms with van der Waals surface area (Å²) in [6.45, 7) is 2.56. The van der Waals surface area contributed by atoms with E-state index in [2.05, 4.69) is 0 Å². The van der Waals surface area contributed by atoms with E-state index in [1.165, 1.54) is 0 Å². The molecule has 0 aromatic heterocycles. The minimum atomic E-state index is -0.955. The highest BCUT2D eigenvalue weighted by Crippen LogP contribution is 2.14. The Morgan fingerprint density at radius 1 is 1.15 bits per heavy atom. The molecule has 2 aromatic rings. The Labute approximate surface area is 122 Å². The van der Waals surface area contributed by atoms with Crippen molar-refractivity contribution in [3.05, 3.63) is 54.1 Å². The summed E-state index contributed by atoms with van der Waals surface area (Å²) >= 11 is 0. The lowest BCUT2D eigenvalue weighted by Crippen LogP contribution is -2.05. The second kappa shape index (κ2) is 7.10. The molecule has 4 heteroatoms. The molecule has 0 bridgehead atoms. The second-order valence-electron chi connectivity index (χ2n) is 4.64. The Bertz CT molecular complexity index is 581. The number of rotatable bonds is 6. The first-order valence-corrected chi connectivity index (χ1v) is 7.90. The van der Waals surface area contributed by atoms with E-state index in [1.807, 2.05) is 43.3 Å². The van der Waals surface area contributed by atoms with Gasteiger partial charge in [0.2, 0.25) is 0 Å². The van der Waals surface area contributed by atoms with Gasteiger partial charge in [-0.15, -0.1) is 0 Å². The molecule has 1 atom stereocenters. The van der Waals surface area contributed by atoms with E-state index in [0.717, 1.165) is 28.3 Å². The lowest BCUT2D eigenvalue weighted by Gasteiger charge is -2.07. The standard InChI is InChI=1S/C16H19NO2S/c1-13-4-2-5-16(12-13)20(18)11-3-10-19-15-8-6-14(17)7-9-15/h2,4-9,12H,3,10-11,17H2,1H3. The van der Waals surface area contributed by atoms with Crippen LogP contribution >= 0.6 is 0 Å². The molecular formula is C16H19NO2S. The summed E-state index contributed by atoms with van der Waals surface area (Å²) in [5, 5.41) is 0. The van der Waals surface area contributed by atoms with Crippen molar-refractivity contribution in [1.82, 2.24) is 0 Å². The minimum Gasteiger partial charge on any atom is -0.494 e. The van der Waals surface area contributed by atoms with Crippen LogP contribution in [0.3, 0.4) is 0 Å². The van der Waals surface area contributed by atoms with Crippen LogP contribution in [0.4, 0.5) is 5.69 Å². The van der Waals surface area contributed by atoms with Crippen molar-refractivity contribution < 1.29 is 8.95 Å². The summed E-state index contributed by atoms with van der Waals surface area (Å²) in [7, 11) is -0.955. The monoisotopic (exact) mass is 289 g/mol. The van der Waals surface area contributed by atoms with Crippen molar-refractivity contribution >= 4 is 16.5 Å². The van der Waals surface area contributed by atoms with Crippen molar-refractivity contribution in [2.24, 2.45) is 0 Å². The Kier molecular flexibility index (Phi) is 5.18. The van der Waals surface area contributed by atoms with Gasteiger partial charge in [0.15, 0.2) is 0 Å². The first-order valence-electron chi connectivity index (χ1n) is 6.58. The summed E-state index contributed by atoms with van der Waals surface area (Å²) in [5.41, 5.74) is 7.46. The van der Waals surface area contributed by atoms with Crippen LogP contribution in [0.25, 0.3) is 0 Å². The fourth-order valence-corrected chi connectivity index (χ4v) is 2.98. The summed E-state index contributed by atoms with van der Waals surface area (Å²) in [5.74, 6) is 1.40. The summed E-state index contributed by atoms with van der Waals surface area (Å²) in [6, 6.07) is 15.1. The summed E-state index contributed by atoms with van der Waals surface area (Å²) in [4.78, 5) is 0.887. The maximum absolute atomic E-state index is 12.1. The van der Waals surface area contributed by atoms with Crippen molar-refractivity contribution in [1.29, 1.82) is 0 Å².